The van der Waals surface area contributed by atoms with Crippen LogP contribution in [0.1, 0.15) is 19.3 Å². The van der Waals surface area contributed by atoms with Gasteiger partial charge in [0.15, 0.2) is 11.5 Å². The van der Waals surface area contributed by atoms with Crippen LogP contribution in [-0.4, -0.2) is 42.6 Å². The minimum atomic E-state index is -0.209. The molecule has 0 amide bonds. The highest BCUT2D eigenvalue weighted by atomic mass is 16.5. The second kappa shape index (κ2) is 6.32. The number of ether oxygens (including phenoxy) is 3. The molecule has 0 atom stereocenters. The van der Waals surface area contributed by atoms with Gasteiger partial charge in [0, 0.05) is 12.0 Å². The van der Waals surface area contributed by atoms with Crippen LogP contribution in [0.15, 0.2) is 17.2 Å². The molecule has 0 radical (unpaired) electrons. The molecule has 3 rings (SSSR count). The van der Waals surface area contributed by atoms with Gasteiger partial charge in [-0.15, -0.1) is 0 Å². The van der Waals surface area contributed by atoms with Crippen molar-refractivity contribution in [1.29, 1.82) is 0 Å². The predicted octanol–water partition coefficient (Wildman–Crippen LogP) is 1.58. The van der Waals surface area contributed by atoms with Crippen molar-refractivity contribution in [1.82, 2.24) is 9.55 Å². The predicted molar refractivity (Wildman–Crippen MR) is 89.0 cm³/mol. The Morgan fingerprint density at radius 2 is 1.92 bits per heavy atom. The first kappa shape index (κ1) is 16.6. The van der Waals surface area contributed by atoms with E-state index in [9.17, 15) is 9.90 Å². The second-order valence-electron chi connectivity index (χ2n) is 6.23. The SMILES string of the molecule is COc1cc2c(=O)n(CC3(CO)CCC3)cnc2c(OC)c1OC. The lowest BCUT2D eigenvalue weighted by Gasteiger charge is -2.40. The van der Waals surface area contributed by atoms with E-state index < -0.39 is 0 Å². The Bertz CT molecular complexity index is 805. The van der Waals surface area contributed by atoms with E-state index >= 15 is 0 Å². The van der Waals surface area contributed by atoms with Gasteiger partial charge in [0.05, 0.1) is 39.6 Å². The van der Waals surface area contributed by atoms with Crippen LogP contribution in [0.5, 0.6) is 17.2 Å². The smallest absolute Gasteiger partial charge is 0.261 e. The van der Waals surface area contributed by atoms with E-state index in [1.54, 1.807) is 10.6 Å². The molecule has 0 aliphatic heterocycles. The summed E-state index contributed by atoms with van der Waals surface area (Å²) in [4.78, 5) is 17.3. The largest absolute Gasteiger partial charge is 0.493 e. The molecule has 24 heavy (non-hydrogen) atoms. The molecule has 7 heteroatoms. The zero-order valence-electron chi connectivity index (χ0n) is 14.2. The van der Waals surface area contributed by atoms with E-state index in [0.29, 0.717) is 34.7 Å². The molecule has 1 aromatic heterocycles. The summed E-state index contributed by atoms with van der Waals surface area (Å²) in [7, 11) is 4.52. The molecule has 1 aromatic carbocycles. The highest BCUT2D eigenvalue weighted by molar-refractivity contribution is 5.89. The van der Waals surface area contributed by atoms with Gasteiger partial charge in [-0.05, 0) is 18.9 Å². The first-order chi connectivity index (χ1) is 11.6. The van der Waals surface area contributed by atoms with Gasteiger partial charge in [0.1, 0.15) is 5.52 Å². The number of aromatic nitrogens is 2. The number of fused-ring (bicyclic) bond motifs is 1. The number of nitrogens with zero attached hydrogens (tertiary/aromatic N) is 2. The van der Waals surface area contributed by atoms with Crippen LogP contribution in [-0.2, 0) is 6.54 Å². The summed E-state index contributed by atoms with van der Waals surface area (Å²) in [5.74, 6) is 1.19. The van der Waals surface area contributed by atoms with Crippen molar-refractivity contribution in [2.24, 2.45) is 5.41 Å². The van der Waals surface area contributed by atoms with Gasteiger partial charge in [-0.25, -0.2) is 4.98 Å². The van der Waals surface area contributed by atoms with E-state index in [4.69, 9.17) is 14.2 Å². The number of hydrogen-bond donors (Lipinski definition) is 1. The minimum Gasteiger partial charge on any atom is -0.493 e. The summed E-state index contributed by atoms with van der Waals surface area (Å²) < 4.78 is 17.6. The summed E-state index contributed by atoms with van der Waals surface area (Å²) in [6, 6.07) is 1.62. The molecule has 1 saturated carbocycles. The van der Waals surface area contributed by atoms with E-state index in [0.717, 1.165) is 19.3 Å². The van der Waals surface area contributed by atoms with Crippen molar-refractivity contribution in [2.45, 2.75) is 25.8 Å². The van der Waals surface area contributed by atoms with E-state index in [1.165, 1.54) is 27.7 Å². The third kappa shape index (κ3) is 2.49. The number of aliphatic hydroxyl groups excluding tert-OH is 1. The standard InChI is InChI=1S/C17H22N2O5/c1-22-12-7-11-13(15(24-3)14(12)23-2)18-10-19(16(11)21)8-17(9-20)5-4-6-17/h7,10,20H,4-6,8-9H2,1-3H3. The molecule has 0 saturated heterocycles. The molecule has 130 valence electrons. The summed E-state index contributed by atoms with van der Waals surface area (Å²) in [5, 5.41) is 10.0. The van der Waals surface area contributed by atoms with Crippen molar-refractivity contribution in [3.63, 3.8) is 0 Å². The Morgan fingerprint density at radius 1 is 1.21 bits per heavy atom. The van der Waals surface area contributed by atoms with Gasteiger partial charge in [-0.1, -0.05) is 6.42 Å². The Hall–Kier alpha value is -2.28. The third-order valence-electron chi connectivity index (χ3n) is 4.88. The normalized spacial score (nSPS) is 15.8. The van der Waals surface area contributed by atoms with Crippen LogP contribution < -0.4 is 19.8 Å². The van der Waals surface area contributed by atoms with Gasteiger partial charge in [0.2, 0.25) is 5.75 Å². The first-order valence-electron chi connectivity index (χ1n) is 7.88. The van der Waals surface area contributed by atoms with Gasteiger partial charge in [-0.3, -0.25) is 9.36 Å². The van der Waals surface area contributed by atoms with Crippen molar-refractivity contribution >= 4 is 10.9 Å². The summed E-state index contributed by atoms with van der Waals surface area (Å²) in [6.45, 7) is 0.536. The Kier molecular flexibility index (Phi) is 4.36. The molecule has 0 bridgehead atoms. The molecular formula is C17H22N2O5. The van der Waals surface area contributed by atoms with Gasteiger partial charge >= 0.3 is 0 Å². The molecular weight excluding hydrogens is 312 g/mol. The molecule has 1 heterocycles. The fourth-order valence-corrected chi connectivity index (χ4v) is 3.28. The molecule has 1 aliphatic rings. The number of methoxy groups -OCH3 is 3. The van der Waals surface area contributed by atoms with E-state index in [-0.39, 0.29) is 17.6 Å². The Morgan fingerprint density at radius 3 is 2.42 bits per heavy atom. The minimum absolute atomic E-state index is 0.0761. The number of aliphatic hydroxyl groups is 1. The average molecular weight is 334 g/mol. The molecule has 7 nitrogen and oxygen atoms in total. The van der Waals surface area contributed by atoms with Crippen LogP contribution in [0.2, 0.25) is 0 Å². The van der Waals surface area contributed by atoms with Crippen LogP contribution in [0.25, 0.3) is 10.9 Å². The highest BCUT2D eigenvalue weighted by Gasteiger charge is 2.37. The number of hydrogen-bond acceptors (Lipinski definition) is 6. The second-order valence-corrected chi connectivity index (χ2v) is 6.23. The zero-order chi connectivity index (χ0) is 17.3. The van der Waals surface area contributed by atoms with Crippen LogP contribution in [0.3, 0.4) is 0 Å². The Labute approximate surface area is 139 Å². The first-order valence-corrected chi connectivity index (χ1v) is 7.88. The maximum Gasteiger partial charge on any atom is 0.261 e. The topological polar surface area (TPSA) is 82.8 Å². The maximum atomic E-state index is 12.9. The van der Waals surface area contributed by atoms with Crippen molar-refractivity contribution in [3.8, 4) is 17.2 Å². The quantitative estimate of drug-likeness (QED) is 0.864. The van der Waals surface area contributed by atoms with E-state index in [1.807, 2.05) is 0 Å². The van der Waals surface area contributed by atoms with Crippen molar-refractivity contribution < 1.29 is 19.3 Å². The third-order valence-corrected chi connectivity index (χ3v) is 4.88. The molecule has 1 N–H and O–H groups in total. The monoisotopic (exact) mass is 334 g/mol. The zero-order valence-corrected chi connectivity index (χ0v) is 14.2. The molecule has 1 fully saturated rings. The van der Waals surface area contributed by atoms with Gasteiger partial charge in [-0.2, -0.15) is 0 Å². The maximum absolute atomic E-state index is 12.9. The number of rotatable bonds is 6. The molecule has 0 unspecified atom stereocenters. The molecule has 1 aliphatic carbocycles. The van der Waals surface area contributed by atoms with E-state index in [2.05, 4.69) is 4.98 Å². The molecule has 0 spiro atoms. The fourth-order valence-electron chi connectivity index (χ4n) is 3.28. The van der Waals surface area contributed by atoms with Crippen molar-refractivity contribution in [2.75, 3.05) is 27.9 Å². The van der Waals surface area contributed by atoms with Crippen molar-refractivity contribution in [3.05, 3.63) is 22.7 Å². The summed E-state index contributed by atoms with van der Waals surface area (Å²) >= 11 is 0. The lowest BCUT2D eigenvalue weighted by Crippen LogP contribution is -2.40. The fraction of sp³-hybridized carbons (Fsp3) is 0.529. The highest BCUT2D eigenvalue weighted by Crippen LogP contribution is 2.43. The number of benzene rings is 1. The van der Waals surface area contributed by atoms with Gasteiger partial charge < -0.3 is 19.3 Å². The Balaban J connectivity index is 2.16. The molecule has 2 aromatic rings. The summed E-state index contributed by atoms with van der Waals surface area (Å²) in [5.41, 5.74) is 0.0434. The lowest BCUT2D eigenvalue weighted by molar-refractivity contribution is 0.0265. The van der Waals surface area contributed by atoms with Crippen LogP contribution >= 0.6 is 0 Å². The summed E-state index contributed by atoms with van der Waals surface area (Å²) in [6.07, 6.45) is 4.43. The van der Waals surface area contributed by atoms with Crippen LogP contribution in [0, 0.1) is 5.41 Å². The average Bonchev–Trinajstić information content (AvgIpc) is 2.58. The van der Waals surface area contributed by atoms with Gasteiger partial charge in [0.25, 0.3) is 5.56 Å². The lowest BCUT2D eigenvalue weighted by atomic mass is 9.69. The van der Waals surface area contributed by atoms with Crippen LogP contribution in [0.4, 0.5) is 0 Å².